The van der Waals surface area contributed by atoms with Crippen molar-refractivity contribution in [3.63, 3.8) is 0 Å². The Kier molecular flexibility index (Phi) is 2.40. The SMILES string of the molecule is CC(N)(c1ccccc1)c1ccsc1. The average molecular weight is 203 g/mol. The van der Waals surface area contributed by atoms with E-state index in [-0.39, 0.29) is 5.54 Å². The van der Waals surface area contributed by atoms with Gasteiger partial charge in [-0.05, 0) is 34.9 Å². The molecule has 14 heavy (non-hydrogen) atoms. The van der Waals surface area contributed by atoms with E-state index in [0.717, 1.165) is 5.56 Å². The Morgan fingerprint density at radius 1 is 1.07 bits per heavy atom. The zero-order valence-electron chi connectivity index (χ0n) is 8.10. The van der Waals surface area contributed by atoms with E-state index in [2.05, 4.69) is 29.0 Å². The fourth-order valence-electron chi connectivity index (χ4n) is 1.51. The van der Waals surface area contributed by atoms with Crippen molar-refractivity contribution in [2.45, 2.75) is 12.5 Å². The van der Waals surface area contributed by atoms with E-state index >= 15 is 0 Å². The van der Waals surface area contributed by atoms with Crippen molar-refractivity contribution in [1.29, 1.82) is 0 Å². The fraction of sp³-hybridized carbons (Fsp3) is 0.167. The molecule has 2 rings (SSSR count). The molecule has 1 aromatic heterocycles. The Balaban J connectivity index is 2.43. The van der Waals surface area contributed by atoms with Gasteiger partial charge in [0, 0.05) is 0 Å². The summed E-state index contributed by atoms with van der Waals surface area (Å²) in [6.45, 7) is 2.05. The van der Waals surface area contributed by atoms with Crippen molar-refractivity contribution in [2.24, 2.45) is 5.73 Å². The summed E-state index contributed by atoms with van der Waals surface area (Å²) >= 11 is 1.68. The van der Waals surface area contributed by atoms with Crippen LogP contribution >= 0.6 is 11.3 Å². The van der Waals surface area contributed by atoms with Crippen LogP contribution < -0.4 is 5.73 Å². The first kappa shape index (κ1) is 9.44. The summed E-state index contributed by atoms with van der Waals surface area (Å²) in [5.74, 6) is 0. The summed E-state index contributed by atoms with van der Waals surface area (Å²) in [4.78, 5) is 0. The highest BCUT2D eigenvalue weighted by Gasteiger charge is 2.23. The van der Waals surface area contributed by atoms with Crippen LogP contribution in [0.25, 0.3) is 0 Å². The quantitative estimate of drug-likeness (QED) is 0.798. The maximum Gasteiger partial charge on any atom is 0.0645 e. The predicted octanol–water partition coefficient (Wildman–Crippen LogP) is 2.97. The topological polar surface area (TPSA) is 26.0 Å². The number of hydrogen-bond acceptors (Lipinski definition) is 2. The molecule has 1 nitrogen and oxygen atoms in total. The minimum Gasteiger partial charge on any atom is -0.318 e. The molecule has 0 fully saturated rings. The molecular formula is C12H13NS. The molecule has 0 bridgehead atoms. The zero-order valence-corrected chi connectivity index (χ0v) is 8.92. The van der Waals surface area contributed by atoms with Crippen molar-refractivity contribution in [2.75, 3.05) is 0 Å². The molecule has 0 saturated carbocycles. The highest BCUT2D eigenvalue weighted by molar-refractivity contribution is 7.08. The van der Waals surface area contributed by atoms with Gasteiger partial charge in [-0.3, -0.25) is 0 Å². The monoisotopic (exact) mass is 203 g/mol. The molecule has 2 N–H and O–H groups in total. The van der Waals surface area contributed by atoms with Crippen molar-refractivity contribution in [1.82, 2.24) is 0 Å². The highest BCUT2D eigenvalue weighted by atomic mass is 32.1. The second kappa shape index (κ2) is 3.56. The number of rotatable bonds is 2. The lowest BCUT2D eigenvalue weighted by atomic mass is 9.88. The molecule has 0 spiro atoms. The summed E-state index contributed by atoms with van der Waals surface area (Å²) in [5.41, 5.74) is 8.26. The van der Waals surface area contributed by atoms with Gasteiger partial charge in [-0.1, -0.05) is 30.3 Å². The third kappa shape index (κ3) is 1.59. The minimum absolute atomic E-state index is 0.374. The van der Waals surface area contributed by atoms with Gasteiger partial charge in [-0.25, -0.2) is 0 Å². The van der Waals surface area contributed by atoms with Gasteiger partial charge in [-0.2, -0.15) is 11.3 Å². The van der Waals surface area contributed by atoms with Crippen LogP contribution in [0.5, 0.6) is 0 Å². The van der Waals surface area contributed by atoms with Crippen molar-refractivity contribution < 1.29 is 0 Å². The largest absolute Gasteiger partial charge is 0.318 e. The smallest absolute Gasteiger partial charge is 0.0645 e. The number of thiophene rings is 1. The van der Waals surface area contributed by atoms with Crippen LogP contribution in [0, 0.1) is 0 Å². The maximum atomic E-state index is 6.31. The Bertz CT molecular complexity index is 390. The summed E-state index contributed by atoms with van der Waals surface area (Å²) in [6, 6.07) is 12.3. The first-order valence-electron chi connectivity index (χ1n) is 4.58. The molecule has 1 unspecified atom stereocenters. The van der Waals surface area contributed by atoms with E-state index in [1.807, 2.05) is 25.1 Å². The van der Waals surface area contributed by atoms with Crippen LogP contribution in [0.2, 0.25) is 0 Å². The lowest BCUT2D eigenvalue weighted by Gasteiger charge is -2.24. The highest BCUT2D eigenvalue weighted by Crippen LogP contribution is 2.27. The third-order valence-electron chi connectivity index (χ3n) is 2.49. The molecule has 1 heterocycles. The third-order valence-corrected chi connectivity index (χ3v) is 3.18. The summed E-state index contributed by atoms with van der Waals surface area (Å²) in [7, 11) is 0. The average Bonchev–Trinajstić information content (AvgIpc) is 2.72. The number of hydrogen-bond donors (Lipinski definition) is 1. The molecule has 0 amide bonds. The van der Waals surface area contributed by atoms with Gasteiger partial charge in [0.25, 0.3) is 0 Å². The van der Waals surface area contributed by atoms with Crippen LogP contribution in [-0.2, 0) is 5.54 Å². The lowest BCUT2D eigenvalue weighted by Crippen LogP contribution is -2.33. The number of benzene rings is 1. The van der Waals surface area contributed by atoms with E-state index in [0.29, 0.717) is 0 Å². The molecule has 0 aliphatic carbocycles. The first-order chi connectivity index (χ1) is 6.71. The predicted molar refractivity (Wildman–Crippen MR) is 61.4 cm³/mol. The lowest BCUT2D eigenvalue weighted by molar-refractivity contribution is 0.606. The van der Waals surface area contributed by atoms with E-state index in [1.54, 1.807) is 11.3 Å². The van der Waals surface area contributed by atoms with Gasteiger partial charge < -0.3 is 5.73 Å². The maximum absolute atomic E-state index is 6.31. The number of nitrogens with two attached hydrogens (primary N) is 1. The van der Waals surface area contributed by atoms with Crippen LogP contribution in [0.4, 0.5) is 0 Å². The molecule has 0 saturated heterocycles. The molecule has 1 aromatic carbocycles. The van der Waals surface area contributed by atoms with Crippen molar-refractivity contribution in [3.05, 3.63) is 58.3 Å². The van der Waals surface area contributed by atoms with E-state index in [9.17, 15) is 0 Å². The van der Waals surface area contributed by atoms with Gasteiger partial charge >= 0.3 is 0 Å². The van der Waals surface area contributed by atoms with Crippen LogP contribution in [0.1, 0.15) is 18.1 Å². The molecule has 72 valence electrons. The molecule has 2 aromatic rings. The van der Waals surface area contributed by atoms with Gasteiger partial charge in [-0.15, -0.1) is 0 Å². The zero-order chi connectivity index (χ0) is 10.0. The Morgan fingerprint density at radius 2 is 1.79 bits per heavy atom. The molecule has 0 radical (unpaired) electrons. The molecule has 0 aliphatic rings. The van der Waals surface area contributed by atoms with Crippen molar-refractivity contribution in [3.8, 4) is 0 Å². The minimum atomic E-state index is -0.374. The summed E-state index contributed by atoms with van der Waals surface area (Å²) in [5, 5.41) is 4.16. The molecular weight excluding hydrogens is 190 g/mol. The normalized spacial score (nSPS) is 15.0. The van der Waals surface area contributed by atoms with E-state index < -0.39 is 0 Å². The van der Waals surface area contributed by atoms with Crippen LogP contribution in [-0.4, -0.2) is 0 Å². The van der Waals surface area contributed by atoms with Gasteiger partial charge in [0.1, 0.15) is 0 Å². The fourth-order valence-corrected chi connectivity index (χ4v) is 2.28. The second-order valence-corrected chi connectivity index (χ2v) is 4.36. The van der Waals surface area contributed by atoms with E-state index in [4.69, 9.17) is 5.73 Å². The summed E-state index contributed by atoms with van der Waals surface area (Å²) < 4.78 is 0. The van der Waals surface area contributed by atoms with Crippen LogP contribution in [0.15, 0.2) is 47.2 Å². The second-order valence-electron chi connectivity index (χ2n) is 3.58. The van der Waals surface area contributed by atoms with Crippen molar-refractivity contribution >= 4 is 11.3 Å². The van der Waals surface area contributed by atoms with Crippen LogP contribution in [0.3, 0.4) is 0 Å². The van der Waals surface area contributed by atoms with Gasteiger partial charge in [0.05, 0.1) is 5.54 Å². The van der Waals surface area contributed by atoms with Gasteiger partial charge in [0.15, 0.2) is 0 Å². The Hall–Kier alpha value is -1.12. The Labute approximate surface area is 88.2 Å². The molecule has 1 atom stereocenters. The molecule has 2 heteroatoms. The Morgan fingerprint density at radius 3 is 2.36 bits per heavy atom. The standard InChI is InChI=1S/C12H13NS/c1-12(13,11-7-8-14-9-11)10-5-3-2-4-6-10/h2-9H,13H2,1H3. The summed E-state index contributed by atoms with van der Waals surface area (Å²) in [6.07, 6.45) is 0. The van der Waals surface area contributed by atoms with Gasteiger partial charge in [0.2, 0.25) is 0 Å². The van der Waals surface area contributed by atoms with E-state index in [1.165, 1.54) is 5.56 Å². The molecule has 0 aliphatic heterocycles. The first-order valence-corrected chi connectivity index (χ1v) is 5.52.